The first-order chi connectivity index (χ1) is 8.55. The van der Waals surface area contributed by atoms with Gasteiger partial charge in [-0.3, -0.25) is 4.79 Å². The molecule has 4 N–H and O–H groups in total. The molecule has 5 heteroatoms. The van der Waals surface area contributed by atoms with Crippen LogP contribution in [0.5, 0.6) is 0 Å². The topological polar surface area (TPSA) is 92.4 Å². The van der Waals surface area contributed by atoms with E-state index in [1.54, 1.807) is 0 Å². The van der Waals surface area contributed by atoms with Crippen molar-refractivity contribution in [3.8, 4) is 0 Å². The lowest BCUT2D eigenvalue weighted by atomic mass is 9.85. The summed E-state index contributed by atoms with van der Waals surface area (Å²) in [7, 11) is 0. The van der Waals surface area contributed by atoms with Gasteiger partial charge in [0, 0.05) is 6.54 Å². The minimum absolute atomic E-state index is 0.175. The van der Waals surface area contributed by atoms with E-state index in [2.05, 4.69) is 5.32 Å². The van der Waals surface area contributed by atoms with E-state index >= 15 is 0 Å². The number of carbonyl (C=O) groups excluding carboxylic acids is 1. The van der Waals surface area contributed by atoms with Gasteiger partial charge in [0.25, 0.3) is 0 Å². The molecule has 1 aliphatic rings. The van der Waals surface area contributed by atoms with Gasteiger partial charge in [-0.15, -0.1) is 0 Å². The van der Waals surface area contributed by atoms with E-state index in [9.17, 15) is 9.59 Å². The van der Waals surface area contributed by atoms with E-state index in [1.807, 2.05) is 6.92 Å². The van der Waals surface area contributed by atoms with Gasteiger partial charge >= 0.3 is 5.97 Å². The second-order valence-electron chi connectivity index (χ2n) is 5.20. The Balaban J connectivity index is 2.62. The molecule has 0 bridgehead atoms. The number of carboxylic acid groups (broad SMARTS) is 1. The third-order valence-electron chi connectivity index (χ3n) is 3.88. The molecule has 0 heterocycles. The number of amides is 1. The lowest BCUT2D eigenvalue weighted by Crippen LogP contribution is -2.50. The number of nitrogens with two attached hydrogens (primary N) is 1. The van der Waals surface area contributed by atoms with Crippen LogP contribution in [0.4, 0.5) is 0 Å². The predicted molar refractivity (Wildman–Crippen MR) is 69.0 cm³/mol. The lowest BCUT2D eigenvalue weighted by Gasteiger charge is -2.27. The van der Waals surface area contributed by atoms with Crippen molar-refractivity contribution >= 4 is 11.9 Å². The second kappa shape index (κ2) is 6.73. The molecule has 0 aromatic heterocycles. The second-order valence-corrected chi connectivity index (χ2v) is 5.20. The van der Waals surface area contributed by atoms with E-state index in [0.29, 0.717) is 13.0 Å². The Morgan fingerprint density at radius 1 is 1.39 bits per heavy atom. The van der Waals surface area contributed by atoms with Crippen molar-refractivity contribution in [3.05, 3.63) is 0 Å². The first-order valence-electron chi connectivity index (χ1n) is 6.79. The summed E-state index contributed by atoms with van der Waals surface area (Å²) in [5, 5.41) is 11.8. The Bertz CT molecular complexity index is 299. The van der Waals surface area contributed by atoms with Crippen LogP contribution >= 0.6 is 0 Å². The summed E-state index contributed by atoms with van der Waals surface area (Å²) >= 11 is 0. The van der Waals surface area contributed by atoms with Crippen LogP contribution in [0.25, 0.3) is 0 Å². The molecular weight excluding hydrogens is 232 g/mol. The monoisotopic (exact) mass is 256 g/mol. The van der Waals surface area contributed by atoms with Crippen molar-refractivity contribution in [2.24, 2.45) is 11.1 Å². The molecule has 1 saturated carbocycles. The Morgan fingerprint density at radius 2 is 2.00 bits per heavy atom. The summed E-state index contributed by atoms with van der Waals surface area (Å²) in [6, 6.07) is -0.776. The van der Waals surface area contributed by atoms with Gasteiger partial charge in [0.05, 0.1) is 5.41 Å². The summed E-state index contributed by atoms with van der Waals surface area (Å²) in [4.78, 5) is 23.3. The van der Waals surface area contributed by atoms with Crippen molar-refractivity contribution in [3.63, 3.8) is 0 Å². The molecule has 5 nitrogen and oxygen atoms in total. The van der Waals surface area contributed by atoms with Gasteiger partial charge in [0.2, 0.25) is 5.91 Å². The van der Waals surface area contributed by atoms with Gasteiger partial charge < -0.3 is 16.2 Å². The number of rotatable bonds is 7. The number of hydrogen-bond acceptors (Lipinski definition) is 3. The average molecular weight is 256 g/mol. The number of unbranched alkanes of at least 4 members (excludes halogenated alkanes) is 1. The van der Waals surface area contributed by atoms with Crippen LogP contribution in [0, 0.1) is 5.41 Å². The van der Waals surface area contributed by atoms with E-state index in [1.165, 1.54) is 0 Å². The van der Waals surface area contributed by atoms with E-state index in [0.717, 1.165) is 38.5 Å². The minimum Gasteiger partial charge on any atom is -0.480 e. The van der Waals surface area contributed by atoms with Crippen molar-refractivity contribution in [1.82, 2.24) is 5.32 Å². The molecule has 0 saturated heterocycles. The Hall–Kier alpha value is -1.10. The van der Waals surface area contributed by atoms with Crippen LogP contribution in [0.15, 0.2) is 0 Å². The minimum atomic E-state index is -0.957. The highest BCUT2D eigenvalue weighted by atomic mass is 16.4. The smallest absolute Gasteiger partial charge is 0.326 e. The molecule has 0 unspecified atom stereocenters. The normalized spacial score (nSPS) is 19.4. The molecule has 104 valence electrons. The van der Waals surface area contributed by atoms with Crippen LogP contribution in [0.2, 0.25) is 0 Å². The van der Waals surface area contributed by atoms with E-state index < -0.39 is 17.4 Å². The van der Waals surface area contributed by atoms with Gasteiger partial charge in [-0.05, 0) is 19.3 Å². The summed E-state index contributed by atoms with van der Waals surface area (Å²) < 4.78 is 0. The fraction of sp³-hybridized carbons (Fsp3) is 0.846. The van der Waals surface area contributed by atoms with Gasteiger partial charge in [-0.2, -0.15) is 0 Å². The number of carbonyl (C=O) groups is 2. The maximum Gasteiger partial charge on any atom is 0.326 e. The molecule has 0 spiro atoms. The van der Waals surface area contributed by atoms with Crippen LogP contribution in [0.3, 0.4) is 0 Å². The van der Waals surface area contributed by atoms with Crippen LogP contribution in [-0.4, -0.2) is 29.6 Å². The molecule has 1 amide bonds. The highest BCUT2D eigenvalue weighted by Gasteiger charge is 2.41. The number of nitrogens with one attached hydrogen (secondary N) is 1. The summed E-state index contributed by atoms with van der Waals surface area (Å²) in [5.74, 6) is -1.13. The fourth-order valence-corrected chi connectivity index (χ4v) is 2.55. The Labute approximate surface area is 108 Å². The predicted octanol–water partition coefficient (Wildman–Crippen LogP) is 1.27. The first kappa shape index (κ1) is 15.0. The molecule has 1 fully saturated rings. The maximum atomic E-state index is 12.2. The van der Waals surface area contributed by atoms with Gasteiger partial charge in [-0.1, -0.05) is 32.6 Å². The quantitative estimate of drug-likeness (QED) is 0.639. The molecule has 1 atom stereocenters. The number of aliphatic carboxylic acids is 1. The Kier molecular flexibility index (Phi) is 5.59. The van der Waals surface area contributed by atoms with Gasteiger partial charge in [0.1, 0.15) is 6.04 Å². The highest BCUT2D eigenvalue weighted by Crippen LogP contribution is 2.37. The average Bonchev–Trinajstić information content (AvgIpc) is 2.83. The zero-order valence-corrected chi connectivity index (χ0v) is 11.1. The zero-order valence-electron chi connectivity index (χ0n) is 11.1. The highest BCUT2D eigenvalue weighted by molar-refractivity contribution is 5.87. The summed E-state index contributed by atoms with van der Waals surface area (Å²) in [6.07, 6.45) is 5.74. The van der Waals surface area contributed by atoms with Gasteiger partial charge in [0.15, 0.2) is 0 Å². The standard InChI is InChI=1S/C13H24N2O3/c1-2-3-6-10(11(16)17)15-12(18)13(9-14)7-4-5-8-13/h10H,2-9,14H2,1H3,(H,15,18)(H,16,17)/t10-/m0/s1. The maximum absolute atomic E-state index is 12.2. The molecule has 18 heavy (non-hydrogen) atoms. The zero-order chi connectivity index (χ0) is 13.6. The van der Waals surface area contributed by atoms with Gasteiger partial charge in [-0.25, -0.2) is 4.79 Å². The molecule has 0 aliphatic heterocycles. The van der Waals surface area contributed by atoms with Crippen molar-refractivity contribution in [1.29, 1.82) is 0 Å². The van der Waals surface area contributed by atoms with E-state index in [-0.39, 0.29) is 5.91 Å². The fourth-order valence-electron chi connectivity index (χ4n) is 2.55. The SMILES string of the molecule is CCCC[C@H](NC(=O)C1(CN)CCCC1)C(=O)O. The first-order valence-corrected chi connectivity index (χ1v) is 6.79. The third-order valence-corrected chi connectivity index (χ3v) is 3.88. The van der Waals surface area contributed by atoms with E-state index in [4.69, 9.17) is 10.8 Å². The van der Waals surface area contributed by atoms with Crippen LogP contribution in [0.1, 0.15) is 51.9 Å². The molecular formula is C13H24N2O3. The van der Waals surface area contributed by atoms with Crippen molar-refractivity contribution in [2.75, 3.05) is 6.54 Å². The summed E-state index contributed by atoms with van der Waals surface area (Å²) in [6.45, 7) is 2.30. The van der Waals surface area contributed by atoms with Crippen LogP contribution < -0.4 is 11.1 Å². The van der Waals surface area contributed by atoms with Crippen molar-refractivity contribution in [2.45, 2.75) is 57.9 Å². The Morgan fingerprint density at radius 3 is 2.44 bits per heavy atom. The van der Waals surface area contributed by atoms with Crippen molar-refractivity contribution < 1.29 is 14.7 Å². The number of hydrogen-bond donors (Lipinski definition) is 3. The number of carboxylic acids is 1. The summed E-state index contributed by atoms with van der Waals surface area (Å²) in [5.41, 5.74) is 5.19. The lowest BCUT2D eigenvalue weighted by molar-refractivity contribution is -0.144. The molecule has 0 aromatic rings. The largest absolute Gasteiger partial charge is 0.480 e. The third kappa shape index (κ3) is 3.45. The molecule has 0 radical (unpaired) electrons. The molecule has 1 rings (SSSR count). The molecule has 0 aromatic carbocycles. The van der Waals surface area contributed by atoms with Crippen LogP contribution in [-0.2, 0) is 9.59 Å². The molecule has 1 aliphatic carbocycles.